The highest BCUT2D eigenvalue weighted by Crippen LogP contribution is 2.65. The summed E-state index contributed by atoms with van der Waals surface area (Å²) in [5.74, 6) is 2.42. The molecule has 4 aliphatic rings. The lowest BCUT2D eigenvalue weighted by Crippen LogP contribution is -2.56. The van der Waals surface area contributed by atoms with E-state index in [0.29, 0.717) is 23.5 Å². The van der Waals surface area contributed by atoms with E-state index in [0.717, 1.165) is 19.4 Å². The molecule has 0 N–H and O–H groups in total. The smallest absolute Gasteiger partial charge is 0.157 e. The molecule has 0 aromatic carbocycles. The zero-order chi connectivity index (χ0) is 18.8. The van der Waals surface area contributed by atoms with Crippen molar-refractivity contribution < 1.29 is 4.79 Å². The molecule has 0 spiro atoms. The predicted molar refractivity (Wildman–Crippen MR) is 108 cm³/mol. The summed E-state index contributed by atoms with van der Waals surface area (Å²) in [7, 11) is 2.20. The minimum absolute atomic E-state index is 0.171. The molecule has 0 amide bonds. The van der Waals surface area contributed by atoms with Gasteiger partial charge in [0.2, 0.25) is 0 Å². The number of piperidine rings is 1. The summed E-state index contributed by atoms with van der Waals surface area (Å²) < 4.78 is 0. The molecule has 1 saturated carbocycles. The Kier molecular flexibility index (Phi) is 3.70. The molecular weight excluding hydrogens is 332 g/mol. The minimum atomic E-state index is 0.171. The molecule has 1 aromatic rings. The van der Waals surface area contributed by atoms with E-state index < -0.39 is 0 Å². The summed E-state index contributed by atoms with van der Waals surface area (Å²) >= 11 is 0. The van der Waals surface area contributed by atoms with Gasteiger partial charge in [-0.1, -0.05) is 26.0 Å². The van der Waals surface area contributed by atoms with Crippen LogP contribution in [0.25, 0.3) is 5.57 Å². The number of hydrogen-bond donors (Lipinski definition) is 0. The van der Waals surface area contributed by atoms with Crippen molar-refractivity contribution in [1.29, 1.82) is 0 Å². The Morgan fingerprint density at radius 3 is 2.81 bits per heavy atom. The molecule has 2 fully saturated rings. The fourth-order valence-electron chi connectivity index (χ4n) is 7.11. The lowest BCUT2D eigenvalue weighted by molar-refractivity contribution is -0.118. The molecule has 3 nitrogen and oxygen atoms in total. The summed E-state index contributed by atoms with van der Waals surface area (Å²) in [6.07, 6.45) is 13.8. The number of rotatable bonds is 1. The predicted octanol–water partition coefficient (Wildman–Crippen LogP) is 4.72. The van der Waals surface area contributed by atoms with E-state index >= 15 is 0 Å². The van der Waals surface area contributed by atoms with Gasteiger partial charge in [-0.25, -0.2) is 0 Å². The summed E-state index contributed by atoms with van der Waals surface area (Å²) in [5, 5.41) is 0. The molecule has 0 radical (unpaired) electrons. The fourth-order valence-corrected chi connectivity index (χ4v) is 7.11. The maximum absolute atomic E-state index is 12.1. The topological polar surface area (TPSA) is 33.2 Å². The van der Waals surface area contributed by atoms with E-state index in [2.05, 4.69) is 49.0 Å². The first-order valence-electron chi connectivity index (χ1n) is 10.5. The molecule has 3 heteroatoms. The second kappa shape index (κ2) is 5.80. The molecular formula is C24H30N2O. The number of likely N-dealkylation sites (tertiary alicyclic amines) is 1. The molecule has 1 saturated heterocycles. The van der Waals surface area contributed by atoms with Crippen molar-refractivity contribution in [3.63, 3.8) is 0 Å². The van der Waals surface area contributed by atoms with Gasteiger partial charge in [-0.2, -0.15) is 0 Å². The van der Waals surface area contributed by atoms with E-state index in [1.54, 1.807) is 0 Å². The van der Waals surface area contributed by atoms with Crippen LogP contribution >= 0.6 is 0 Å². The maximum Gasteiger partial charge on any atom is 0.157 e. The minimum Gasteiger partial charge on any atom is -0.377 e. The first kappa shape index (κ1) is 17.2. The van der Waals surface area contributed by atoms with Crippen LogP contribution in [0.15, 0.2) is 42.4 Å². The normalized spacial score (nSPS) is 40.6. The van der Waals surface area contributed by atoms with Gasteiger partial charge >= 0.3 is 0 Å². The van der Waals surface area contributed by atoms with Gasteiger partial charge < -0.3 is 4.90 Å². The van der Waals surface area contributed by atoms with Crippen molar-refractivity contribution in [3.05, 3.63) is 47.9 Å². The van der Waals surface area contributed by atoms with Crippen molar-refractivity contribution in [3.8, 4) is 0 Å². The van der Waals surface area contributed by atoms with Gasteiger partial charge in [0.05, 0.1) is 0 Å². The number of allylic oxidation sites excluding steroid dienone is 4. The van der Waals surface area contributed by atoms with Crippen molar-refractivity contribution in [2.45, 2.75) is 46.0 Å². The van der Waals surface area contributed by atoms with E-state index in [9.17, 15) is 4.79 Å². The van der Waals surface area contributed by atoms with Crippen molar-refractivity contribution in [2.75, 3.05) is 13.6 Å². The monoisotopic (exact) mass is 362 g/mol. The maximum atomic E-state index is 12.1. The van der Waals surface area contributed by atoms with Crippen LogP contribution in [0.5, 0.6) is 0 Å². The number of carbonyl (C=O) groups excluding carboxylic acids is 1. The van der Waals surface area contributed by atoms with Gasteiger partial charge in [-0.3, -0.25) is 9.78 Å². The molecule has 0 bridgehead atoms. The van der Waals surface area contributed by atoms with Crippen LogP contribution in [-0.2, 0) is 4.79 Å². The standard InChI is InChI=1S/C24H30N2O/c1-23-11-9-21-18(15-26(3)22-13-17(27)8-10-24(21,22)2)20(23)7-6-19(23)16-5-4-12-25-14-16/h4-6,12-14,18,20-21H,7-11,15H2,1-3H3/t18-,20-,21-,23+,24+/m0/s1. The Bertz CT molecular complexity index is 841. The third-order valence-corrected chi connectivity index (χ3v) is 8.48. The summed E-state index contributed by atoms with van der Waals surface area (Å²) in [5.41, 5.74) is 4.56. The van der Waals surface area contributed by atoms with Gasteiger partial charge in [-0.15, -0.1) is 0 Å². The summed E-state index contributed by atoms with van der Waals surface area (Å²) in [6, 6.07) is 4.28. The van der Waals surface area contributed by atoms with Crippen molar-refractivity contribution in [1.82, 2.24) is 9.88 Å². The second-order valence-electron chi connectivity index (χ2n) is 9.72. The van der Waals surface area contributed by atoms with E-state index in [1.165, 1.54) is 36.1 Å². The van der Waals surface area contributed by atoms with Crippen LogP contribution in [-0.4, -0.2) is 29.3 Å². The third-order valence-electron chi connectivity index (χ3n) is 8.48. The van der Waals surface area contributed by atoms with Gasteiger partial charge in [0.25, 0.3) is 0 Å². The Hall–Kier alpha value is -1.90. The van der Waals surface area contributed by atoms with Crippen LogP contribution in [0.1, 0.15) is 51.5 Å². The third kappa shape index (κ3) is 2.33. The fraction of sp³-hybridized carbons (Fsp3) is 0.583. The molecule has 1 aromatic heterocycles. The highest BCUT2D eigenvalue weighted by Gasteiger charge is 2.58. The Balaban J connectivity index is 1.51. The van der Waals surface area contributed by atoms with Gasteiger partial charge in [0.1, 0.15) is 0 Å². The van der Waals surface area contributed by atoms with Crippen LogP contribution in [0.3, 0.4) is 0 Å². The molecule has 1 aliphatic heterocycles. The molecule has 5 atom stereocenters. The highest BCUT2D eigenvalue weighted by atomic mass is 16.1. The summed E-state index contributed by atoms with van der Waals surface area (Å²) in [6.45, 7) is 6.03. The van der Waals surface area contributed by atoms with E-state index in [1.807, 2.05) is 18.5 Å². The molecule has 3 aliphatic carbocycles. The SMILES string of the molecule is CN1C[C@@H]2[C@H](CC[C@]3(C)C(c4cccnc4)=CC[C@@H]23)[C@@]2(C)CCC(=O)C=C12. The van der Waals surface area contributed by atoms with Crippen LogP contribution < -0.4 is 0 Å². The van der Waals surface area contributed by atoms with Crippen LogP contribution in [0, 0.1) is 28.6 Å². The van der Waals surface area contributed by atoms with Crippen LogP contribution in [0.4, 0.5) is 0 Å². The Labute approximate surface area is 162 Å². The zero-order valence-electron chi connectivity index (χ0n) is 16.7. The average Bonchev–Trinajstić information content (AvgIpc) is 3.01. The van der Waals surface area contributed by atoms with E-state index in [4.69, 9.17) is 0 Å². The Morgan fingerprint density at radius 1 is 1.19 bits per heavy atom. The Morgan fingerprint density at radius 2 is 2.04 bits per heavy atom. The molecule has 27 heavy (non-hydrogen) atoms. The van der Waals surface area contributed by atoms with Crippen molar-refractivity contribution >= 4 is 11.4 Å². The molecule has 2 heterocycles. The number of ketones is 1. The number of hydrogen-bond acceptors (Lipinski definition) is 3. The van der Waals surface area contributed by atoms with Crippen LogP contribution in [0.2, 0.25) is 0 Å². The summed E-state index contributed by atoms with van der Waals surface area (Å²) in [4.78, 5) is 18.9. The van der Waals surface area contributed by atoms with Gasteiger partial charge in [-0.05, 0) is 66.1 Å². The number of aromatic nitrogens is 1. The molecule has 142 valence electrons. The molecule has 5 rings (SSSR count). The van der Waals surface area contributed by atoms with E-state index in [-0.39, 0.29) is 10.8 Å². The number of nitrogens with zero attached hydrogens (tertiary/aromatic N) is 2. The van der Waals surface area contributed by atoms with Gasteiger partial charge in [0, 0.05) is 49.6 Å². The highest BCUT2D eigenvalue weighted by molar-refractivity contribution is 5.91. The van der Waals surface area contributed by atoms with Gasteiger partial charge in [0.15, 0.2) is 5.78 Å². The molecule has 0 unspecified atom stereocenters. The second-order valence-corrected chi connectivity index (χ2v) is 9.72. The largest absolute Gasteiger partial charge is 0.377 e. The quantitative estimate of drug-likeness (QED) is 0.725. The van der Waals surface area contributed by atoms with Crippen molar-refractivity contribution in [2.24, 2.45) is 28.6 Å². The number of carbonyl (C=O) groups is 1. The first-order valence-corrected chi connectivity index (χ1v) is 10.5. The zero-order valence-corrected chi connectivity index (χ0v) is 16.7. The lowest BCUT2D eigenvalue weighted by Gasteiger charge is -2.60. The lowest BCUT2D eigenvalue weighted by atomic mass is 9.49. The average molecular weight is 363 g/mol. The number of pyridine rings is 1. The first-order chi connectivity index (χ1) is 12.9. The number of fused-ring (bicyclic) bond motifs is 5.